The van der Waals surface area contributed by atoms with Crippen LogP contribution < -0.4 is 0 Å². The molecule has 202 valence electrons. The molecule has 0 saturated carbocycles. The number of hydrogen-bond donors (Lipinski definition) is 0. The van der Waals surface area contributed by atoms with Crippen LogP contribution in [0.1, 0.15) is 90.9 Å². The topological polar surface area (TPSA) is 89.5 Å². The Morgan fingerprint density at radius 3 is 1.09 bits per heavy atom. The minimum Gasteiger partial charge on any atom is -0.466 e. The van der Waals surface area contributed by atoms with Gasteiger partial charge in [-0.25, -0.2) is 0 Å². The summed E-state index contributed by atoms with van der Waals surface area (Å²) in [7, 11) is 0. The maximum atomic E-state index is 11.7. The van der Waals surface area contributed by atoms with E-state index in [1.54, 1.807) is 0 Å². The molecule has 0 aliphatic heterocycles. The van der Waals surface area contributed by atoms with E-state index in [-0.39, 0.29) is 11.9 Å². The first-order valence-corrected chi connectivity index (χ1v) is 13.3. The summed E-state index contributed by atoms with van der Waals surface area (Å²) in [5, 5.41) is 0. The molecule has 0 aromatic heterocycles. The number of rotatable bonds is 27. The Bertz CT molecular complexity index is 405. The minimum absolute atomic E-state index is 0.214. The molecule has 0 radical (unpaired) electrons. The average molecular weight is 491 g/mol. The predicted molar refractivity (Wildman–Crippen MR) is 132 cm³/mol. The molecular weight excluding hydrogens is 440 g/mol. The number of ether oxygens (including phenoxy) is 6. The van der Waals surface area contributed by atoms with Crippen molar-refractivity contribution in [1.29, 1.82) is 0 Å². The van der Waals surface area contributed by atoms with Crippen molar-refractivity contribution in [3.8, 4) is 0 Å². The van der Waals surface area contributed by atoms with Crippen molar-refractivity contribution in [2.75, 3.05) is 66.1 Å². The van der Waals surface area contributed by atoms with Crippen molar-refractivity contribution in [3.05, 3.63) is 0 Å². The molecule has 0 rings (SSSR count). The zero-order chi connectivity index (χ0) is 25.0. The first-order valence-electron chi connectivity index (χ1n) is 13.3. The molecular formula is C26H50O8. The quantitative estimate of drug-likeness (QED) is 0.119. The number of esters is 2. The summed E-state index contributed by atoms with van der Waals surface area (Å²) in [4.78, 5) is 23.5. The Morgan fingerprint density at radius 1 is 0.412 bits per heavy atom. The maximum Gasteiger partial charge on any atom is 0.305 e. The zero-order valence-electron chi connectivity index (χ0n) is 21.8. The molecule has 34 heavy (non-hydrogen) atoms. The van der Waals surface area contributed by atoms with E-state index in [2.05, 4.69) is 13.8 Å². The van der Waals surface area contributed by atoms with Crippen LogP contribution in [0.5, 0.6) is 0 Å². The van der Waals surface area contributed by atoms with Gasteiger partial charge in [0.05, 0.1) is 39.6 Å². The van der Waals surface area contributed by atoms with E-state index in [1.807, 2.05) is 0 Å². The molecule has 0 aromatic rings. The maximum absolute atomic E-state index is 11.7. The molecule has 8 heteroatoms. The Labute approximate surface area is 207 Å². The second-order valence-electron chi connectivity index (χ2n) is 8.22. The molecule has 0 unspecified atom stereocenters. The number of unbranched alkanes of at least 4 members (excludes halogenated alkanes) is 5. The van der Waals surface area contributed by atoms with Gasteiger partial charge in [0.25, 0.3) is 0 Å². The van der Waals surface area contributed by atoms with E-state index in [0.29, 0.717) is 78.5 Å². The van der Waals surface area contributed by atoms with Gasteiger partial charge >= 0.3 is 11.9 Å². The molecule has 0 saturated heterocycles. The summed E-state index contributed by atoms with van der Waals surface area (Å²) in [5.41, 5.74) is 0. The fourth-order valence-corrected chi connectivity index (χ4v) is 2.80. The number of carbonyl (C=O) groups is 2. The Balaban J connectivity index is 3.28. The molecule has 0 aromatic carbocycles. The standard InChI is InChI=1S/C26H50O8/c1-3-5-15-29-21-23-31-17-9-11-19-33-25(27)13-7-8-14-26(28)34-20-12-10-18-32-24-22-30-16-6-4-2/h3-24H2,1-2H3. The molecule has 0 atom stereocenters. The van der Waals surface area contributed by atoms with Crippen LogP contribution in [0.2, 0.25) is 0 Å². The lowest BCUT2D eigenvalue weighted by Gasteiger charge is -2.07. The molecule has 8 nitrogen and oxygen atoms in total. The SMILES string of the molecule is CCCCOCCOCCCCOC(=O)CCCCC(=O)OCCCCOCCOCCCC. The average Bonchev–Trinajstić information content (AvgIpc) is 2.83. The van der Waals surface area contributed by atoms with Crippen LogP contribution >= 0.6 is 0 Å². The lowest BCUT2D eigenvalue weighted by Crippen LogP contribution is -2.09. The molecule has 0 aliphatic rings. The zero-order valence-corrected chi connectivity index (χ0v) is 21.8. The highest BCUT2D eigenvalue weighted by molar-refractivity contribution is 5.70. The third-order valence-corrected chi connectivity index (χ3v) is 4.93. The van der Waals surface area contributed by atoms with E-state index in [9.17, 15) is 9.59 Å². The normalized spacial score (nSPS) is 11.0. The molecule has 0 spiro atoms. The summed E-state index contributed by atoms with van der Waals surface area (Å²) < 4.78 is 32.2. The van der Waals surface area contributed by atoms with Crippen LogP contribution in [-0.2, 0) is 38.0 Å². The highest BCUT2D eigenvalue weighted by Crippen LogP contribution is 2.04. The van der Waals surface area contributed by atoms with Crippen molar-refractivity contribution in [1.82, 2.24) is 0 Å². The van der Waals surface area contributed by atoms with Crippen molar-refractivity contribution < 1.29 is 38.0 Å². The van der Waals surface area contributed by atoms with Crippen LogP contribution in [0.15, 0.2) is 0 Å². The second kappa shape index (κ2) is 28.0. The first-order chi connectivity index (χ1) is 16.7. The summed E-state index contributed by atoms with van der Waals surface area (Å²) >= 11 is 0. The van der Waals surface area contributed by atoms with Crippen molar-refractivity contribution in [2.24, 2.45) is 0 Å². The van der Waals surface area contributed by atoms with Gasteiger partial charge in [0, 0.05) is 39.3 Å². The summed E-state index contributed by atoms with van der Waals surface area (Å²) in [6, 6.07) is 0. The van der Waals surface area contributed by atoms with Gasteiger partial charge in [0.15, 0.2) is 0 Å². The van der Waals surface area contributed by atoms with Gasteiger partial charge in [-0.2, -0.15) is 0 Å². The number of carbonyl (C=O) groups excluding carboxylic acids is 2. The first kappa shape index (κ1) is 32.8. The van der Waals surface area contributed by atoms with Crippen LogP contribution in [0, 0.1) is 0 Å². The Morgan fingerprint density at radius 2 is 0.735 bits per heavy atom. The third kappa shape index (κ3) is 27.0. The van der Waals surface area contributed by atoms with E-state index in [4.69, 9.17) is 28.4 Å². The highest BCUT2D eigenvalue weighted by Gasteiger charge is 2.06. The van der Waals surface area contributed by atoms with Crippen molar-refractivity contribution in [2.45, 2.75) is 90.9 Å². The fourth-order valence-electron chi connectivity index (χ4n) is 2.80. The smallest absolute Gasteiger partial charge is 0.305 e. The van der Waals surface area contributed by atoms with Crippen molar-refractivity contribution >= 4 is 11.9 Å². The van der Waals surface area contributed by atoms with E-state index >= 15 is 0 Å². The predicted octanol–water partition coefficient (Wildman–Crippen LogP) is 4.86. The van der Waals surface area contributed by atoms with Crippen LogP contribution in [0.3, 0.4) is 0 Å². The number of hydrogen-bond acceptors (Lipinski definition) is 8. The molecule has 0 fully saturated rings. The summed E-state index contributed by atoms with van der Waals surface area (Å²) in [6.45, 7) is 10.5. The van der Waals surface area contributed by atoms with Gasteiger partial charge in [0.1, 0.15) is 0 Å². The van der Waals surface area contributed by atoms with Gasteiger partial charge in [-0.05, 0) is 51.4 Å². The van der Waals surface area contributed by atoms with Crippen molar-refractivity contribution in [3.63, 3.8) is 0 Å². The molecule has 0 amide bonds. The monoisotopic (exact) mass is 490 g/mol. The minimum atomic E-state index is -0.214. The van der Waals surface area contributed by atoms with E-state index in [1.165, 1.54) is 0 Å². The lowest BCUT2D eigenvalue weighted by molar-refractivity contribution is -0.146. The van der Waals surface area contributed by atoms with Gasteiger partial charge in [-0.3, -0.25) is 9.59 Å². The van der Waals surface area contributed by atoms with Crippen LogP contribution in [-0.4, -0.2) is 78.0 Å². The van der Waals surface area contributed by atoms with Gasteiger partial charge in [-0.1, -0.05) is 26.7 Å². The molecule has 0 N–H and O–H groups in total. The fraction of sp³-hybridized carbons (Fsp3) is 0.923. The van der Waals surface area contributed by atoms with Gasteiger partial charge in [0.2, 0.25) is 0 Å². The lowest BCUT2D eigenvalue weighted by atomic mass is 10.2. The Kier molecular flexibility index (Phi) is 27.0. The van der Waals surface area contributed by atoms with E-state index in [0.717, 1.165) is 64.6 Å². The molecule has 0 aliphatic carbocycles. The summed E-state index contributed by atoms with van der Waals surface area (Å²) in [5.74, 6) is -0.427. The summed E-state index contributed by atoms with van der Waals surface area (Å²) in [6.07, 6.45) is 9.65. The van der Waals surface area contributed by atoms with Crippen LogP contribution in [0.4, 0.5) is 0 Å². The van der Waals surface area contributed by atoms with Crippen LogP contribution in [0.25, 0.3) is 0 Å². The third-order valence-electron chi connectivity index (χ3n) is 4.93. The van der Waals surface area contributed by atoms with Gasteiger partial charge in [-0.15, -0.1) is 0 Å². The Hall–Kier alpha value is -1.22. The molecule has 0 heterocycles. The highest BCUT2D eigenvalue weighted by atomic mass is 16.5. The second-order valence-corrected chi connectivity index (χ2v) is 8.22. The molecule has 0 bridgehead atoms. The largest absolute Gasteiger partial charge is 0.466 e. The van der Waals surface area contributed by atoms with E-state index < -0.39 is 0 Å². The van der Waals surface area contributed by atoms with Gasteiger partial charge < -0.3 is 28.4 Å².